The first-order chi connectivity index (χ1) is 6.27. The molecule has 2 aromatic heterocycles. The third-order valence-corrected chi connectivity index (χ3v) is 1.87. The van der Waals surface area contributed by atoms with Gasteiger partial charge in [0.1, 0.15) is 0 Å². The fraction of sp³-hybridized carbons (Fsp3) is 0. The number of hydrogen-bond donors (Lipinski definition) is 0. The van der Waals surface area contributed by atoms with Crippen molar-refractivity contribution in [1.29, 1.82) is 0 Å². The van der Waals surface area contributed by atoms with E-state index in [-0.39, 0.29) is 0 Å². The third kappa shape index (κ3) is 1.64. The van der Waals surface area contributed by atoms with Gasteiger partial charge in [0.15, 0.2) is 11.0 Å². The van der Waals surface area contributed by atoms with Crippen LogP contribution in [0.25, 0.3) is 5.82 Å². The van der Waals surface area contributed by atoms with Crippen LogP contribution in [0.4, 0.5) is 0 Å². The van der Waals surface area contributed by atoms with Crippen LogP contribution in [0.2, 0.25) is 10.2 Å². The van der Waals surface area contributed by atoms with Crippen molar-refractivity contribution >= 4 is 23.2 Å². The molecule has 0 unspecified atom stereocenters. The molecule has 0 aromatic carbocycles. The quantitative estimate of drug-likeness (QED) is 0.730. The lowest BCUT2D eigenvalue weighted by Crippen LogP contribution is -1.99. The van der Waals surface area contributed by atoms with E-state index in [1.165, 1.54) is 23.3 Å². The largest absolute Gasteiger partial charge is 0.239 e. The van der Waals surface area contributed by atoms with Gasteiger partial charge in [-0.15, -0.1) is 0 Å². The molecule has 0 saturated carbocycles. The molecular formula is C7H4Cl2N4. The zero-order chi connectivity index (χ0) is 9.26. The Morgan fingerprint density at radius 2 is 1.92 bits per heavy atom. The Kier molecular flexibility index (Phi) is 2.16. The molecule has 0 fully saturated rings. The Hall–Kier alpha value is -1.13. The minimum Gasteiger partial charge on any atom is -0.239 e. The Labute approximate surface area is 84.1 Å². The van der Waals surface area contributed by atoms with Crippen LogP contribution in [0.3, 0.4) is 0 Å². The van der Waals surface area contributed by atoms with E-state index in [0.717, 1.165) is 0 Å². The fourth-order valence-corrected chi connectivity index (χ4v) is 1.21. The summed E-state index contributed by atoms with van der Waals surface area (Å²) in [5.74, 6) is 0.469. The van der Waals surface area contributed by atoms with Crippen molar-refractivity contribution < 1.29 is 0 Å². The van der Waals surface area contributed by atoms with Crippen LogP contribution in [0.15, 0.2) is 24.8 Å². The van der Waals surface area contributed by atoms with Crippen molar-refractivity contribution in [3.8, 4) is 5.82 Å². The van der Waals surface area contributed by atoms with Gasteiger partial charge in [-0.25, -0.2) is 14.6 Å². The van der Waals surface area contributed by atoms with E-state index < -0.39 is 0 Å². The van der Waals surface area contributed by atoms with E-state index in [1.54, 1.807) is 6.20 Å². The number of rotatable bonds is 1. The van der Waals surface area contributed by atoms with E-state index >= 15 is 0 Å². The third-order valence-electron chi connectivity index (χ3n) is 1.40. The maximum atomic E-state index is 5.79. The average Bonchev–Trinajstić information content (AvgIpc) is 2.53. The highest BCUT2D eigenvalue weighted by atomic mass is 35.5. The summed E-state index contributed by atoms with van der Waals surface area (Å²) < 4.78 is 1.47. The van der Waals surface area contributed by atoms with E-state index in [4.69, 9.17) is 23.2 Å². The van der Waals surface area contributed by atoms with Crippen molar-refractivity contribution in [3.05, 3.63) is 35.0 Å². The molecule has 0 bridgehead atoms. The van der Waals surface area contributed by atoms with Gasteiger partial charge in [0.2, 0.25) is 0 Å². The molecule has 0 amide bonds. The first kappa shape index (κ1) is 8.47. The second kappa shape index (κ2) is 3.32. The summed E-state index contributed by atoms with van der Waals surface area (Å²) in [6.45, 7) is 0. The van der Waals surface area contributed by atoms with Gasteiger partial charge < -0.3 is 0 Å². The molecule has 0 aliphatic rings. The summed E-state index contributed by atoms with van der Waals surface area (Å²) in [6.07, 6.45) is 6.16. The Morgan fingerprint density at radius 1 is 1.15 bits per heavy atom. The fourth-order valence-electron chi connectivity index (χ4n) is 0.884. The number of halogens is 2. The molecule has 6 heteroatoms. The van der Waals surface area contributed by atoms with Crippen molar-refractivity contribution in [1.82, 2.24) is 19.7 Å². The summed E-state index contributed by atoms with van der Waals surface area (Å²) in [5.41, 5.74) is 0. The minimum atomic E-state index is 0.294. The van der Waals surface area contributed by atoms with Gasteiger partial charge in [0.25, 0.3) is 0 Å². The predicted octanol–water partition coefficient (Wildman–Crippen LogP) is 1.97. The van der Waals surface area contributed by atoms with E-state index in [2.05, 4.69) is 15.1 Å². The smallest absolute Gasteiger partial charge is 0.191 e. The topological polar surface area (TPSA) is 43.6 Å². The molecule has 2 heterocycles. The average molecular weight is 215 g/mol. The van der Waals surface area contributed by atoms with Crippen LogP contribution in [0.5, 0.6) is 0 Å². The Bertz CT molecular complexity index is 426. The lowest BCUT2D eigenvalue weighted by atomic mass is 10.6. The summed E-state index contributed by atoms with van der Waals surface area (Å²) in [7, 11) is 0. The van der Waals surface area contributed by atoms with E-state index in [1.807, 2.05) is 0 Å². The zero-order valence-corrected chi connectivity index (χ0v) is 7.87. The van der Waals surface area contributed by atoms with Gasteiger partial charge in [0, 0.05) is 12.4 Å². The predicted molar refractivity (Wildman–Crippen MR) is 49.2 cm³/mol. The molecule has 2 rings (SSSR count). The molecule has 2 aromatic rings. The van der Waals surface area contributed by atoms with Crippen molar-refractivity contribution in [2.45, 2.75) is 0 Å². The molecule has 66 valence electrons. The second-order valence-corrected chi connectivity index (χ2v) is 3.07. The van der Waals surface area contributed by atoms with Crippen molar-refractivity contribution in [2.75, 3.05) is 0 Å². The van der Waals surface area contributed by atoms with Gasteiger partial charge in [-0.1, -0.05) is 23.2 Å². The molecule has 0 aliphatic carbocycles. The van der Waals surface area contributed by atoms with Crippen LogP contribution in [-0.2, 0) is 0 Å². The maximum absolute atomic E-state index is 5.79. The Balaban J connectivity index is 2.52. The lowest BCUT2D eigenvalue weighted by Gasteiger charge is -1.99. The highest BCUT2D eigenvalue weighted by Crippen LogP contribution is 2.15. The summed E-state index contributed by atoms with van der Waals surface area (Å²) >= 11 is 11.5. The molecule has 0 aliphatic heterocycles. The molecule has 0 radical (unpaired) electrons. The van der Waals surface area contributed by atoms with Crippen LogP contribution < -0.4 is 0 Å². The standard InChI is InChI=1S/C7H4Cl2N4/c8-5-3-12-13(4-5)7-6(9)10-1-2-11-7/h1-4H. The minimum absolute atomic E-state index is 0.294. The summed E-state index contributed by atoms with van der Waals surface area (Å²) in [5, 5.41) is 4.77. The highest BCUT2D eigenvalue weighted by molar-refractivity contribution is 6.31. The molecule has 0 N–H and O–H groups in total. The van der Waals surface area contributed by atoms with E-state index in [9.17, 15) is 0 Å². The van der Waals surface area contributed by atoms with Gasteiger partial charge in [0.05, 0.1) is 17.4 Å². The first-order valence-corrected chi connectivity index (χ1v) is 4.20. The zero-order valence-electron chi connectivity index (χ0n) is 6.35. The first-order valence-electron chi connectivity index (χ1n) is 3.44. The van der Waals surface area contributed by atoms with Gasteiger partial charge in [-0.2, -0.15) is 5.10 Å². The summed E-state index contributed by atoms with van der Waals surface area (Å²) in [6, 6.07) is 0. The van der Waals surface area contributed by atoms with Gasteiger partial charge in [-0.05, 0) is 0 Å². The van der Waals surface area contributed by atoms with Crippen LogP contribution >= 0.6 is 23.2 Å². The van der Waals surface area contributed by atoms with Gasteiger partial charge in [-0.3, -0.25) is 0 Å². The number of aromatic nitrogens is 4. The van der Waals surface area contributed by atoms with Crippen molar-refractivity contribution in [3.63, 3.8) is 0 Å². The maximum Gasteiger partial charge on any atom is 0.191 e. The Morgan fingerprint density at radius 3 is 2.54 bits per heavy atom. The van der Waals surface area contributed by atoms with Crippen LogP contribution in [0, 0.1) is 0 Å². The van der Waals surface area contributed by atoms with Crippen LogP contribution in [-0.4, -0.2) is 19.7 Å². The number of hydrogen-bond acceptors (Lipinski definition) is 3. The molecular weight excluding hydrogens is 211 g/mol. The monoisotopic (exact) mass is 214 g/mol. The summed E-state index contributed by atoms with van der Waals surface area (Å²) in [4.78, 5) is 7.87. The SMILES string of the molecule is Clc1cnn(-c2nccnc2Cl)c1. The molecule has 0 saturated heterocycles. The number of nitrogens with zero attached hydrogens (tertiary/aromatic N) is 4. The molecule has 13 heavy (non-hydrogen) atoms. The molecule has 0 atom stereocenters. The molecule has 0 spiro atoms. The van der Waals surface area contributed by atoms with Crippen LogP contribution in [0.1, 0.15) is 0 Å². The highest BCUT2D eigenvalue weighted by Gasteiger charge is 2.05. The normalized spacial score (nSPS) is 10.3. The van der Waals surface area contributed by atoms with E-state index in [0.29, 0.717) is 16.0 Å². The second-order valence-electron chi connectivity index (χ2n) is 2.27. The molecule has 4 nitrogen and oxygen atoms in total. The van der Waals surface area contributed by atoms with Crippen molar-refractivity contribution in [2.24, 2.45) is 0 Å². The lowest BCUT2D eigenvalue weighted by molar-refractivity contribution is 0.838. The van der Waals surface area contributed by atoms with Gasteiger partial charge >= 0.3 is 0 Å².